The molecule has 0 bridgehead atoms. The number of carbonyl (C=O) groups is 3. The summed E-state index contributed by atoms with van der Waals surface area (Å²) in [5.41, 5.74) is 3.66. The van der Waals surface area contributed by atoms with Gasteiger partial charge in [-0.15, -0.1) is 0 Å². The van der Waals surface area contributed by atoms with Gasteiger partial charge < -0.3 is 9.47 Å². The first-order valence-electron chi connectivity index (χ1n) is 11.8. The average molecular weight is 536 g/mol. The highest BCUT2D eigenvalue weighted by atomic mass is 16.6. The first kappa shape index (κ1) is 27.1. The topological polar surface area (TPSA) is 137 Å². The summed E-state index contributed by atoms with van der Waals surface area (Å²) in [7, 11) is 0. The maximum Gasteiger partial charge on any atom is 0.343 e. The molecule has 40 heavy (non-hydrogen) atoms. The predicted molar refractivity (Wildman–Crippen MR) is 147 cm³/mol. The third-order valence-corrected chi connectivity index (χ3v) is 5.37. The summed E-state index contributed by atoms with van der Waals surface area (Å²) in [4.78, 5) is 47.4. The maximum absolute atomic E-state index is 12.6. The predicted octanol–water partition coefficient (Wildman–Crippen LogP) is 5.20. The van der Waals surface area contributed by atoms with E-state index in [0.717, 1.165) is 0 Å². The fourth-order valence-electron chi connectivity index (χ4n) is 3.38. The molecule has 0 atom stereocenters. The molecule has 0 saturated carbocycles. The third kappa shape index (κ3) is 7.33. The fourth-order valence-corrected chi connectivity index (χ4v) is 3.38. The number of nitrogens with one attached hydrogen (secondary N) is 1. The van der Waals surface area contributed by atoms with E-state index in [1.807, 2.05) is 0 Å². The lowest BCUT2D eigenvalue weighted by atomic mass is 10.2. The van der Waals surface area contributed by atoms with Gasteiger partial charge in [0.2, 0.25) is 0 Å². The minimum absolute atomic E-state index is 0.137. The lowest BCUT2D eigenvalue weighted by molar-refractivity contribution is -0.384. The molecule has 0 aliphatic heterocycles. The van der Waals surface area contributed by atoms with Gasteiger partial charge in [-0.3, -0.25) is 14.9 Å². The summed E-state index contributed by atoms with van der Waals surface area (Å²) < 4.78 is 10.9. The molecular weight excluding hydrogens is 514 g/mol. The van der Waals surface area contributed by atoms with Crippen molar-refractivity contribution in [2.24, 2.45) is 5.10 Å². The standard InChI is InChI=1S/C30H21N3O7/c34-28(19-16-21-8-4-6-12-26(21)40-30(36)23-9-2-1-3-10-23)39-27-13-7-5-11-24(27)20-31-32-29(35)22-14-17-25(18-15-22)33(37)38/h1-20H,(H,32,35)/b19-16+,31-20+. The molecule has 4 rings (SSSR count). The number of esters is 2. The molecule has 4 aromatic rings. The molecular formula is C30H21N3O7. The van der Waals surface area contributed by atoms with Crippen molar-refractivity contribution in [1.29, 1.82) is 0 Å². The van der Waals surface area contributed by atoms with E-state index in [-0.39, 0.29) is 22.7 Å². The number of rotatable bonds is 9. The molecule has 10 nitrogen and oxygen atoms in total. The molecule has 10 heteroatoms. The number of para-hydroxylation sites is 2. The van der Waals surface area contributed by atoms with E-state index in [2.05, 4.69) is 10.5 Å². The van der Waals surface area contributed by atoms with Crippen LogP contribution in [0.3, 0.4) is 0 Å². The van der Waals surface area contributed by atoms with Crippen molar-refractivity contribution in [1.82, 2.24) is 5.43 Å². The van der Waals surface area contributed by atoms with Crippen LogP contribution in [-0.4, -0.2) is 29.0 Å². The van der Waals surface area contributed by atoms with Gasteiger partial charge in [-0.1, -0.05) is 48.5 Å². The second kappa shape index (κ2) is 13.1. The van der Waals surface area contributed by atoms with Crippen molar-refractivity contribution in [2.75, 3.05) is 0 Å². The molecule has 0 aliphatic rings. The van der Waals surface area contributed by atoms with Crippen LogP contribution in [0.2, 0.25) is 0 Å². The van der Waals surface area contributed by atoms with Crippen molar-refractivity contribution < 1.29 is 28.8 Å². The number of nitro benzene ring substituents is 1. The zero-order chi connectivity index (χ0) is 28.3. The highest BCUT2D eigenvalue weighted by Crippen LogP contribution is 2.22. The Balaban J connectivity index is 1.39. The summed E-state index contributed by atoms with van der Waals surface area (Å²) in [5, 5.41) is 14.6. The number of carbonyl (C=O) groups excluding carboxylic acids is 3. The van der Waals surface area contributed by atoms with E-state index >= 15 is 0 Å². The van der Waals surface area contributed by atoms with Crippen LogP contribution in [0, 0.1) is 10.1 Å². The highest BCUT2D eigenvalue weighted by molar-refractivity contribution is 5.96. The number of benzene rings is 4. The van der Waals surface area contributed by atoms with Crippen LogP contribution in [0.4, 0.5) is 5.69 Å². The lowest BCUT2D eigenvalue weighted by Crippen LogP contribution is -2.17. The smallest absolute Gasteiger partial charge is 0.343 e. The Morgan fingerprint density at radius 2 is 1.32 bits per heavy atom. The van der Waals surface area contributed by atoms with E-state index < -0.39 is 22.8 Å². The molecule has 0 fully saturated rings. The fraction of sp³-hybridized carbons (Fsp3) is 0. The Morgan fingerprint density at radius 1 is 0.725 bits per heavy atom. The van der Waals surface area contributed by atoms with Crippen molar-refractivity contribution >= 4 is 35.8 Å². The van der Waals surface area contributed by atoms with Crippen LogP contribution in [0.25, 0.3) is 6.08 Å². The summed E-state index contributed by atoms with van der Waals surface area (Å²) >= 11 is 0. The lowest BCUT2D eigenvalue weighted by Gasteiger charge is -2.08. The van der Waals surface area contributed by atoms with Gasteiger partial charge in [-0.05, 0) is 48.5 Å². The van der Waals surface area contributed by atoms with Gasteiger partial charge >= 0.3 is 11.9 Å². The molecule has 4 aromatic carbocycles. The first-order valence-corrected chi connectivity index (χ1v) is 11.8. The van der Waals surface area contributed by atoms with Crippen LogP contribution in [0.5, 0.6) is 11.5 Å². The molecule has 0 heterocycles. The molecule has 0 unspecified atom stereocenters. The van der Waals surface area contributed by atoms with E-state index in [0.29, 0.717) is 16.7 Å². The number of hydrogen-bond donors (Lipinski definition) is 1. The maximum atomic E-state index is 12.6. The summed E-state index contributed by atoms with van der Waals surface area (Å²) in [6.07, 6.45) is 3.96. The molecule has 0 spiro atoms. The van der Waals surface area contributed by atoms with Crippen molar-refractivity contribution in [2.45, 2.75) is 0 Å². The molecule has 0 saturated heterocycles. The molecule has 198 valence electrons. The molecule has 1 N–H and O–H groups in total. The number of ether oxygens (including phenoxy) is 2. The van der Waals surface area contributed by atoms with Gasteiger partial charge in [0.1, 0.15) is 11.5 Å². The second-order valence-electron chi connectivity index (χ2n) is 8.09. The monoisotopic (exact) mass is 535 g/mol. The minimum Gasteiger partial charge on any atom is -0.423 e. The van der Waals surface area contributed by atoms with Gasteiger partial charge in [0.25, 0.3) is 11.6 Å². The van der Waals surface area contributed by atoms with Crippen molar-refractivity contribution in [3.8, 4) is 11.5 Å². The number of amides is 1. The Hall–Kier alpha value is -5.90. The Bertz CT molecular complexity index is 1600. The van der Waals surface area contributed by atoms with Gasteiger partial charge in [0.15, 0.2) is 0 Å². The van der Waals surface area contributed by atoms with E-state index in [4.69, 9.17) is 9.47 Å². The summed E-state index contributed by atoms with van der Waals surface area (Å²) in [5.74, 6) is -1.33. The number of hydrazone groups is 1. The molecule has 1 amide bonds. The average Bonchev–Trinajstić information content (AvgIpc) is 2.98. The third-order valence-electron chi connectivity index (χ3n) is 5.37. The second-order valence-corrected chi connectivity index (χ2v) is 8.09. The van der Waals surface area contributed by atoms with Crippen LogP contribution in [0.1, 0.15) is 31.8 Å². The largest absolute Gasteiger partial charge is 0.423 e. The SMILES string of the molecule is O=C(/C=C/c1ccccc1OC(=O)c1ccccc1)Oc1ccccc1/C=N/NC(=O)c1ccc([N+](=O)[O-])cc1. The quantitative estimate of drug-likeness (QED) is 0.0777. The zero-order valence-electron chi connectivity index (χ0n) is 20.8. The van der Waals surface area contributed by atoms with Crippen LogP contribution >= 0.6 is 0 Å². The van der Waals surface area contributed by atoms with Crippen LogP contribution in [-0.2, 0) is 4.79 Å². The number of hydrogen-bond acceptors (Lipinski definition) is 8. The minimum atomic E-state index is -0.694. The Morgan fingerprint density at radius 3 is 2.00 bits per heavy atom. The molecule has 0 aromatic heterocycles. The van der Waals surface area contributed by atoms with Crippen molar-refractivity contribution in [3.63, 3.8) is 0 Å². The summed E-state index contributed by atoms with van der Waals surface area (Å²) in [6.45, 7) is 0. The summed E-state index contributed by atoms with van der Waals surface area (Å²) in [6, 6.07) is 26.9. The van der Waals surface area contributed by atoms with E-state index in [9.17, 15) is 24.5 Å². The normalized spacial score (nSPS) is 10.8. The van der Waals surface area contributed by atoms with Gasteiger partial charge in [0.05, 0.1) is 16.7 Å². The number of non-ortho nitro benzene ring substituents is 1. The van der Waals surface area contributed by atoms with Crippen LogP contribution < -0.4 is 14.9 Å². The Labute approximate surface area is 228 Å². The Kier molecular flexibility index (Phi) is 8.86. The number of nitrogens with zero attached hydrogens (tertiary/aromatic N) is 2. The van der Waals surface area contributed by atoms with Gasteiger partial charge in [-0.2, -0.15) is 5.10 Å². The molecule has 0 radical (unpaired) electrons. The zero-order valence-corrected chi connectivity index (χ0v) is 20.8. The first-order chi connectivity index (χ1) is 19.4. The van der Waals surface area contributed by atoms with Crippen LogP contribution in [0.15, 0.2) is 114 Å². The van der Waals surface area contributed by atoms with Gasteiger partial charge in [-0.25, -0.2) is 15.0 Å². The highest BCUT2D eigenvalue weighted by Gasteiger charge is 2.12. The molecule has 0 aliphatic carbocycles. The number of nitro groups is 1. The van der Waals surface area contributed by atoms with Gasteiger partial charge in [0, 0.05) is 34.9 Å². The van der Waals surface area contributed by atoms with Crippen molar-refractivity contribution in [3.05, 3.63) is 142 Å². The van der Waals surface area contributed by atoms with E-state index in [1.165, 1.54) is 42.6 Å². The van der Waals surface area contributed by atoms with E-state index in [1.54, 1.807) is 78.9 Å².